The van der Waals surface area contributed by atoms with Gasteiger partial charge in [0.1, 0.15) is 5.82 Å². The number of nitrogens with two attached hydrogens (primary N) is 1. The van der Waals surface area contributed by atoms with Gasteiger partial charge >= 0.3 is 0 Å². The first kappa shape index (κ1) is 15.6. The van der Waals surface area contributed by atoms with Crippen molar-refractivity contribution in [2.45, 2.75) is 32.2 Å². The van der Waals surface area contributed by atoms with Gasteiger partial charge in [0.25, 0.3) is 0 Å². The van der Waals surface area contributed by atoms with Crippen LogP contribution in [0.5, 0.6) is 0 Å². The molecule has 0 fully saturated rings. The summed E-state index contributed by atoms with van der Waals surface area (Å²) in [6, 6.07) is 13.1. The van der Waals surface area contributed by atoms with Crippen LogP contribution in [0.1, 0.15) is 25.8 Å². The SMILES string of the molecule is CC(C)(CCc1ccccc1)Nc1cc(F)c(Cl)cc1N. The van der Waals surface area contributed by atoms with Crippen LogP contribution in [-0.2, 0) is 6.42 Å². The molecule has 2 rings (SSSR count). The molecular weight excluding hydrogens is 287 g/mol. The molecular formula is C17H20ClFN2. The summed E-state index contributed by atoms with van der Waals surface area (Å²) < 4.78 is 13.6. The van der Waals surface area contributed by atoms with Crippen molar-refractivity contribution in [1.82, 2.24) is 0 Å². The standard InChI is InChI=1S/C17H20ClFN2/c1-17(2,9-8-12-6-4-3-5-7-12)21-16-11-14(19)13(18)10-15(16)20/h3-7,10-11,21H,8-9,20H2,1-2H3. The molecule has 0 heterocycles. The predicted octanol–water partition coefficient (Wildman–Crippen LogP) is 4.88. The second-order valence-electron chi connectivity index (χ2n) is 5.85. The quantitative estimate of drug-likeness (QED) is 0.772. The third-order valence-electron chi connectivity index (χ3n) is 3.45. The summed E-state index contributed by atoms with van der Waals surface area (Å²) in [6.07, 6.45) is 1.84. The maximum absolute atomic E-state index is 13.6. The summed E-state index contributed by atoms with van der Waals surface area (Å²) in [5.74, 6) is -0.466. The number of nitrogen functional groups attached to an aromatic ring is 1. The van der Waals surface area contributed by atoms with Gasteiger partial charge in [-0.2, -0.15) is 0 Å². The van der Waals surface area contributed by atoms with E-state index >= 15 is 0 Å². The van der Waals surface area contributed by atoms with Gasteiger partial charge in [-0.1, -0.05) is 41.9 Å². The molecule has 0 aliphatic heterocycles. The Morgan fingerprint density at radius 3 is 2.52 bits per heavy atom. The number of hydrogen-bond acceptors (Lipinski definition) is 2. The van der Waals surface area contributed by atoms with Gasteiger partial charge in [-0.25, -0.2) is 4.39 Å². The highest BCUT2D eigenvalue weighted by molar-refractivity contribution is 6.31. The van der Waals surface area contributed by atoms with Gasteiger partial charge in [-0.05, 0) is 38.3 Å². The Morgan fingerprint density at radius 1 is 1.19 bits per heavy atom. The highest BCUT2D eigenvalue weighted by Gasteiger charge is 2.19. The van der Waals surface area contributed by atoms with Crippen LogP contribution in [0.3, 0.4) is 0 Å². The van der Waals surface area contributed by atoms with E-state index in [0.717, 1.165) is 12.8 Å². The maximum atomic E-state index is 13.6. The second-order valence-corrected chi connectivity index (χ2v) is 6.26. The first-order chi connectivity index (χ1) is 9.87. The van der Waals surface area contributed by atoms with Crippen molar-refractivity contribution in [2.75, 3.05) is 11.1 Å². The lowest BCUT2D eigenvalue weighted by Crippen LogP contribution is -2.31. The maximum Gasteiger partial charge on any atom is 0.143 e. The van der Waals surface area contributed by atoms with Gasteiger partial charge in [-0.3, -0.25) is 0 Å². The molecule has 0 bridgehead atoms. The Morgan fingerprint density at radius 2 is 1.86 bits per heavy atom. The van der Waals surface area contributed by atoms with Crippen LogP contribution in [0.25, 0.3) is 0 Å². The summed E-state index contributed by atoms with van der Waals surface area (Å²) in [5.41, 5.74) is 8.00. The van der Waals surface area contributed by atoms with Gasteiger partial charge < -0.3 is 11.1 Å². The van der Waals surface area contributed by atoms with Crippen LogP contribution in [-0.4, -0.2) is 5.54 Å². The van der Waals surface area contributed by atoms with Gasteiger partial charge in [-0.15, -0.1) is 0 Å². The van der Waals surface area contributed by atoms with Crippen molar-refractivity contribution < 1.29 is 4.39 Å². The third-order valence-corrected chi connectivity index (χ3v) is 3.74. The summed E-state index contributed by atoms with van der Waals surface area (Å²) in [7, 11) is 0. The lowest BCUT2D eigenvalue weighted by Gasteiger charge is -2.28. The molecule has 0 atom stereocenters. The summed E-state index contributed by atoms with van der Waals surface area (Å²) in [5, 5.41) is 3.34. The van der Waals surface area contributed by atoms with Crippen LogP contribution < -0.4 is 11.1 Å². The topological polar surface area (TPSA) is 38.0 Å². The minimum atomic E-state index is -0.466. The van der Waals surface area contributed by atoms with Crippen LogP contribution in [0, 0.1) is 5.82 Å². The Hall–Kier alpha value is -1.74. The molecule has 112 valence electrons. The van der Waals surface area contributed by atoms with E-state index in [1.807, 2.05) is 18.2 Å². The lowest BCUT2D eigenvalue weighted by molar-refractivity contribution is 0.518. The molecule has 0 spiro atoms. The van der Waals surface area contributed by atoms with Crippen molar-refractivity contribution in [3.63, 3.8) is 0 Å². The van der Waals surface area contributed by atoms with E-state index in [1.165, 1.54) is 17.7 Å². The summed E-state index contributed by atoms with van der Waals surface area (Å²) >= 11 is 5.72. The van der Waals surface area contributed by atoms with Gasteiger partial charge in [0.15, 0.2) is 0 Å². The van der Waals surface area contributed by atoms with E-state index in [-0.39, 0.29) is 10.6 Å². The van der Waals surface area contributed by atoms with Crippen molar-refractivity contribution in [3.8, 4) is 0 Å². The number of nitrogens with one attached hydrogen (secondary N) is 1. The molecule has 0 radical (unpaired) electrons. The number of halogens is 2. The Kier molecular flexibility index (Phi) is 4.73. The number of aryl methyl sites for hydroxylation is 1. The monoisotopic (exact) mass is 306 g/mol. The molecule has 0 saturated heterocycles. The van der Waals surface area contributed by atoms with E-state index in [2.05, 4.69) is 31.3 Å². The van der Waals surface area contributed by atoms with E-state index in [0.29, 0.717) is 11.4 Å². The van der Waals surface area contributed by atoms with Crippen molar-refractivity contribution in [1.29, 1.82) is 0 Å². The minimum absolute atomic E-state index is 0.0418. The number of hydrogen-bond donors (Lipinski definition) is 2. The van der Waals surface area contributed by atoms with Crippen LogP contribution >= 0.6 is 11.6 Å². The summed E-state index contributed by atoms with van der Waals surface area (Å²) in [6.45, 7) is 4.14. The Labute approximate surface area is 130 Å². The zero-order valence-electron chi connectivity index (χ0n) is 12.3. The molecule has 21 heavy (non-hydrogen) atoms. The third kappa shape index (κ3) is 4.36. The van der Waals surface area contributed by atoms with Crippen molar-refractivity contribution in [3.05, 3.63) is 58.9 Å². The van der Waals surface area contributed by atoms with E-state index < -0.39 is 5.82 Å². The normalized spacial score (nSPS) is 11.4. The molecule has 3 N–H and O–H groups in total. The predicted molar refractivity (Wildman–Crippen MR) is 88.3 cm³/mol. The molecule has 2 nitrogen and oxygen atoms in total. The van der Waals surface area contributed by atoms with Gasteiger partial charge in [0, 0.05) is 11.6 Å². The Bertz CT molecular complexity index is 612. The fraction of sp³-hybridized carbons (Fsp3) is 0.294. The molecule has 2 aromatic carbocycles. The molecule has 0 saturated carbocycles. The van der Waals surface area contributed by atoms with E-state index in [1.54, 1.807) is 0 Å². The average Bonchev–Trinajstić information content (AvgIpc) is 2.44. The van der Waals surface area contributed by atoms with Crippen molar-refractivity contribution >= 4 is 23.0 Å². The minimum Gasteiger partial charge on any atom is -0.397 e. The van der Waals surface area contributed by atoms with Crippen LogP contribution in [0.4, 0.5) is 15.8 Å². The van der Waals surface area contributed by atoms with E-state index in [4.69, 9.17) is 17.3 Å². The molecule has 0 aromatic heterocycles. The van der Waals surface area contributed by atoms with E-state index in [9.17, 15) is 4.39 Å². The molecule has 0 amide bonds. The van der Waals surface area contributed by atoms with Gasteiger partial charge in [0.05, 0.1) is 16.4 Å². The molecule has 0 aliphatic rings. The zero-order chi connectivity index (χ0) is 15.5. The smallest absolute Gasteiger partial charge is 0.143 e. The number of rotatable bonds is 5. The first-order valence-electron chi connectivity index (χ1n) is 6.94. The zero-order valence-corrected chi connectivity index (χ0v) is 13.0. The first-order valence-corrected chi connectivity index (χ1v) is 7.32. The molecule has 2 aromatic rings. The number of anilines is 2. The summed E-state index contributed by atoms with van der Waals surface area (Å²) in [4.78, 5) is 0. The fourth-order valence-electron chi connectivity index (χ4n) is 2.20. The highest BCUT2D eigenvalue weighted by Crippen LogP contribution is 2.29. The number of benzene rings is 2. The molecule has 4 heteroatoms. The molecule has 0 unspecified atom stereocenters. The van der Waals surface area contributed by atoms with Crippen LogP contribution in [0.15, 0.2) is 42.5 Å². The fourth-order valence-corrected chi connectivity index (χ4v) is 2.37. The second kappa shape index (κ2) is 6.35. The Balaban J connectivity index is 2.05. The largest absolute Gasteiger partial charge is 0.397 e. The lowest BCUT2D eigenvalue weighted by atomic mass is 9.94. The highest BCUT2D eigenvalue weighted by atomic mass is 35.5. The van der Waals surface area contributed by atoms with Crippen molar-refractivity contribution in [2.24, 2.45) is 0 Å². The van der Waals surface area contributed by atoms with Crippen LogP contribution in [0.2, 0.25) is 5.02 Å². The average molecular weight is 307 g/mol. The molecule has 0 aliphatic carbocycles. The van der Waals surface area contributed by atoms with Gasteiger partial charge in [0.2, 0.25) is 0 Å².